The quantitative estimate of drug-likeness (QED) is 0.153. The standard InChI is InChI=1S/C58H40N2/c1-3-20-43(21-4-1)59(45-32-30-40(31-33-45)54-36-41-17-8-11-25-48(41)50-27-13-14-28-52(50)54)46-34-35-53-56(38-46)60(44-22-5-2-6-23-44)58-49-26-12-9-18-42(49)37-55(57(53)58)51-29-15-19-39-16-7-10-24-47(39)51/h1-30,32-38,40H,31H2. The van der Waals surface area contributed by atoms with Crippen molar-refractivity contribution in [3.8, 4) is 16.8 Å². The lowest BCUT2D eigenvalue weighted by atomic mass is 9.86. The Kier molecular flexibility index (Phi) is 8.02. The Labute approximate surface area is 349 Å². The first-order valence-corrected chi connectivity index (χ1v) is 21.0. The molecule has 1 aliphatic rings. The molecule has 0 fully saturated rings. The smallest absolute Gasteiger partial charge is 0.0625 e. The highest BCUT2D eigenvalue weighted by atomic mass is 15.1. The molecule has 1 aromatic heterocycles. The van der Waals surface area contributed by atoms with Gasteiger partial charge in [-0.2, -0.15) is 0 Å². The van der Waals surface area contributed by atoms with Crippen molar-refractivity contribution in [3.05, 3.63) is 236 Å². The minimum Gasteiger partial charge on any atom is -0.311 e. The molecule has 0 saturated carbocycles. The number of hydrogen-bond donors (Lipinski definition) is 0. The topological polar surface area (TPSA) is 8.17 Å². The summed E-state index contributed by atoms with van der Waals surface area (Å²) in [7, 11) is 0. The van der Waals surface area contributed by atoms with Crippen LogP contribution in [0.15, 0.2) is 230 Å². The number of para-hydroxylation sites is 2. The Balaban J connectivity index is 1.07. The number of allylic oxidation sites excluding steroid dienone is 3. The van der Waals surface area contributed by atoms with Gasteiger partial charge in [0.05, 0.1) is 11.0 Å². The molecular weight excluding hydrogens is 725 g/mol. The average molecular weight is 765 g/mol. The molecule has 1 aliphatic carbocycles. The molecule has 1 unspecified atom stereocenters. The van der Waals surface area contributed by atoms with E-state index in [0.717, 1.165) is 23.5 Å². The van der Waals surface area contributed by atoms with Crippen molar-refractivity contribution < 1.29 is 0 Å². The molecule has 1 heterocycles. The maximum atomic E-state index is 2.50. The third kappa shape index (κ3) is 5.49. The maximum absolute atomic E-state index is 2.50. The number of aromatic nitrogens is 1. The fourth-order valence-corrected chi connectivity index (χ4v) is 9.95. The highest BCUT2D eigenvalue weighted by molar-refractivity contribution is 6.25. The van der Waals surface area contributed by atoms with E-state index in [1.165, 1.54) is 87.3 Å². The first-order chi connectivity index (χ1) is 29.8. The van der Waals surface area contributed by atoms with Gasteiger partial charge in [0.15, 0.2) is 0 Å². The van der Waals surface area contributed by atoms with Crippen LogP contribution < -0.4 is 4.90 Å². The van der Waals surface area contributed by atoms with E-state index in [4.69, 9.17) is 0 Å². The zero-order valence-electron chi connectivity index (χ0n) is 33.0. The van der Waals surface area contributed by atoms with Crippen molar-refractivity contribution in [1.82, 2.24) is 4.57 Å². The Morgan fingerprint density at radius 3 is 1.83 bits per heavy atom. The lowest BCUT2D eigenvalue weighted by Gasteiger charge is -2.29. The first-order valence-electron chi connectivity index (χ1n) is 21.0. The molecule has 2 nitrogen and oxygen atoms in total. The molecule has 0 radical (unpaired) electrons. The van der Waals surface area contributed by atoms with Crippen LogP contribution in [-0.4, -0.2) is 4.57 Å². The average Bonchev–Trinajstić information content (AvgIpc) is 3.67. The van der Waals surface area contributed by atoms with Gasteiger partial charge in [-0.15, -0.1) is 0 Å². The third-order valence-corrected chi connectivity index (χ3v) is 12.6. The molecule has 0 spiro atoms. The molecule has 0 bridgehead atoms. The van der Waals surface area contributed by atoms with Gasteiger partial charge < -0.3 is 9.47 Å². The highest BCUT2D eigenvalue weighted by Crippen LogP contribution is 2.46. The summed E-state index contributed by atoms with van der Waals surface area (Å²) in [6.45, 7) is 0. The second-order valence-electron chi connectivity index (χ2n) is 16.0. The minimum atomic E-state index is 0.268. The van der Waals surface area contributed by atoms with Gasteiger partial charge in [0.25, 0.3) is 0 Å². The van der Waals surface area contributed by atoms with E-state index in [1.807, 2.05) is 0 Å². The van der Waals surface area contributed by atoms with Gasteiger partial charge >= 0.3 is 0 Å². The summed E-state index contributed by atoms with van der Waals surface area (Å²) in [5.74, 6) is 0.268. The number of fused-ring (bicyclic) bond motifs is 9. The molecule has 10 aromatic carbocycles. The number of rotatable bonds is 6. The molecular formula is C58H40N2. The number of hydrogen-bond acceptors (Lipinski definition) is 1. The molecule has 282 valence electrons. The molecule has 0 N–H and O–H groups in total. The summed E-state index contributed by atoms with van der Waals surface area (Å²) in [6.07, 6.45) is 8.10. The van der Waals surface area contributed by atoms with Crippen molar-refractivity contribution in [1.29, 1.82) is 0 Å². The fourth-order valence-electron chi connectivity index (χ4n) is 9.95. The van der Waals surface area contributed by atoms with Crippen molar-refractivity contribution in [2.75, 3.05) is 4.90 Å². The molecule has 11 aromatic rings. The molecule has 1 atom stereocenters. The van der Waals surface area contributed by atoms with Crippen LogP contribution >= 0.6 is 0 Å². The molecule has 60 heavy (non-hydrogen) atoms. The largest absolute Gasteiger partial charge is 0.311 e. The SMILES string of the molecule is C1=CC(c2cc3ccccc3c3ccccc23)CC=C1N(c1ccccc1)c1ccc2c3c(-c4cccc5ccccc45)cc4ccccc4c3n(-c3ccccc3)c2c1. The number of anilines is 2. The van der Waals surface area contributed by atoms with Crippen molar-refractivity contribution in [2.45, 2.75) is 12.3 Å². The Bertz CT molecular complexity index is 3510. The zero-order chi connectivity index (χ0) is 39.6. The minimum absolute atomic E-state index is 0.268. The summed E-state index contributed by atoms with van der Waals surface area (Å²) in [4.78, 5) is 2.43. The van der Waals surface area contributed by atoms with Crippen LogP contribution in [-0.2, 0) is 0 Å². The van der Waals surface area contributed by atoms with E-state index < -0.39 is 0 Å². The van der Waals surface area contributed by atoms with E-state index in [2.05, 4.69) is 234 Å². The number of nitrogens with zero attached hydrogens (tertiary/aromatic N) is 2. The maximum Gasteiger partial charge on any atom is 0.0625 e. The van der Waals surface area contributed by atoms with E-state index in [1.54, 1.807) is 0 Å². The Hall–Kier alpha value is -7.68. The van der Waals surface area contributed by atoms with Crippen LogP contribution in [0, 0.1) is 0 Å². The predicted octanol–water partition coefficient (Wildman–Crippen LogP) is 15.8. The summed E-state index contributed by atoms with van der Waals surface area (Å²) in [5.41, 5.74) is 10.8. The van der Waals surface area contributed by atoms with Crippen LogP contribution in [0.1, 0.15) is 17.9 Å². The molecule has 2 heteroatoms. The van der Waals surface area contributed by atoms with Gasteiger partial charge in [-0.3, -0.25) is 0 Å². The van der Waals surface area contributed by atoms with Crippen molar-refractivity contribution >= 4 is 76.3 Å². The molecule has 0 amide bonds. The second kappa shape index (κ2) is 14.0. The monoisotopic (exact) mass is 764 g/mol. The summed E-state index contributed by atoms with van der Waals surface area (Å²) >= 11 is 0. The van der Waals surface area contributed by atoms with Crippen LogP contribution in [0.4, 0.5) is 11.4 Å². The lowest BCUT2D eigenvalue weighted by molar-refractivity contribution is 0.848. The van der Waals surface area contributed by atoms with Gasteiger partial charge in [0, 0.05) is 44.8 Å². The van der Waals surface area contributed by atoms with E-state index in [0.29, 0.717) is 0 Å². The second-order valence-corrected chi connectivity index (χ2v) is 16.0. The van der Waals surface area contributed by atoms with Crippen molar-refractivity contribution in [3.63, 3.8) is 0 Å². The first kappa shape index (κ1) is 34.4. The van der Waals surface area contributed by atoms with Gasteiger partial charge in [-0.25, -0.2) is 0 Å². The van der Waals surface area contributed by atoms with Gasteiger partial charge in [-0.05, 0) is 115 Å². The van der Waals surface area contributed by atoms with E-state index >= 15 is 0 Å². The predicted molar refractivity (Wildman–Crippen MR) is 256 cm³/mol. The van der Waals surface area contributed by atoms with E-state index in [-0.39, 0.29) is 5.92 Å². The van der Waals surface area contributed by atoms with E-state index in [9.17, 15) is 0 Å². The van der Waals surface area contributed by atoms with Crippen LogP contribution in [0.25, 0.3) is 81.7 Å². The summed E-state index contributed by atoms with van der Waals surface area (Å²) < 4.78 is 2.50. The molecule has 12 rings (SSSR count). The third-order valence-electron chi connectivity index (χ3n) is 12.6. The fraction of sp³-hybridized carbons (Fsp3) is 0.0345. The number of benzene rings is 10. The zero-order valence-corrected chi connectivity index (χ0v) is 33.0. The Morgan fingerprint density at radius 2 is 1.07 bits per heavy atom. The van der Waals surface area contributed by atoms with Gasteiger partial charge in [0.2, 0.25) is 0 Å². The molecule has 0 saturated heterocycles. The Morgan fingerprint density at radius 1 is 0.433 bits per heavy atom. The van der Waals surface area contributed by atoms with Crippen molar-refractivity contribution in [2.24, 2.45) is 0 Å². The van der Waals surface area contributed by atoms with Crippen LogP contribution in [0.2, 0.25) is 0 Å². The van der Waals surface area contributed by atoms with Crippen LogP contribution in [0.5, 0.6) is 0 Å². The van der Waals surface area contributed by atoms with Crippen LogP contribution in [0.3, 0.4) is 0 Å². The lowest BCUT2D eigenvalue weighted by Crippen LogP contribution is -2.17. The summed E-state index contributed by atoms with van der Waals surface area (Å²) in [6, 6.07) is 75.6. The van der Waals surface area contributed by atoms with Gasteiger partial charge in [-0.1, -0.05) is 170 Å². The normalized spacial score (nSPS) is 14.1. The summed E-state index contributed by atoms with van der Waals surface area (Å²) in [5, 5.41) is 12.7. The molecule has 0 aliphatic heterocycles. The highest BCUT2D eigenvalue weighted by Gasteiger charge is 2.24. The van der Waals surface area contributed by atoms with Gasteiger partial charge in [0.1, 0.15) is 0 Å².